The molecule has 0 bridgehead atoms. The van der Waals surface area contributed by atoms with Crippen molar-refractivity contribution in [2.45, 2.75) is 6.42 Å². The van der Waals surface area contributed by atoms with Crippen molar-refractivity contribution in [3.05, 3.63) is 28.0 Å². The summed E-state index contributed by atoms with van der Waals surface area (Å²) in [6.07, 6.45) is 4.72. The molecule has 0 atom stereocenters. The average Bonchev–Trinajstić information content (AvgIpc) is 1.97. The molecule has 0 aliphatic rings. The number of rotatable bonds is 2. The minimum Gasteiger partial charge on any atom is -0.291 e. The second-order valence-corrected chi connectivity index (χ2v) is 2.72. The van der Waals surface area contributed by atoms with Gasteiger partial charge in [-0.15, -0.1) is 0 Å². The fourth-order valence-corrected chi connectivity index (χ4v) is 1.18. The first-order valence-corrected chi connectivity index (χ1v) is 3.64. The van der Waals surface area contributed by atoms with Crippen LogP contribution in [0.5, 0.6) is 0 Å². The summed E-state index contributed by atoms with van der Waals surface area (Å²) < 4.78 is 0. The average molecular weight is 189 g/mol. The Morgan fingerprint density at radius 1 is 1.36 bits per heavy atom. The third-order valence-corrected chi connectivity index (χ3v) is 1.85. The third kappa shape index (κ3) is 1.91. The van der Waals surface area contributed by atoms with E-state index >= 15 is 0 Å². The summed E-state index contributed by atoms with van der Waals surface area (Å²) in [7, 11) is 0. The van der Waals surface area contributed by atoms with E-state index in [-0.39, 0.29) is 6.42 Å². The maximum absolute atomic E-state index is 10.0. The van der Waals surface area contributed by atoms with E-state index in [0.29, 0.717) is 15.6 Å². The van der Waals surface area contributed by atoms with Gasteiger partial charge < -0.3 is 0 Å². The van der Waals surface area contributed by atoms with Gasteiger partial charge in [-0.1, -0.05) is 23.2 Å². The summed E-state index contributed by atoms with van der Waals surface area (Å²) in [6.45, 7) is 0. The Kier molecular flexibility index (Phi) is 2.85. The van der Waals surface area contributed by atoms with Gasteiger partial charge in [-0.05, 0) is 0 Å². The first-order valence-electron chi connectivity index (χ1n) is 2.88. The van der Waals surface area contributed by atoms with Crippen LogP contribution in [0.2, 0.25) is 10.0 Å². The quantitative estimate of drug-likeness (QED) is 0.712. The summed E-state index contributed by atoms with van der Waals surface area (Å²) in [5.74, 6) is 0. The molecule has 0 spiro atoms. The zero-order valence-electron chi connectivity index (χ0n) is 5.47. The molecule has 1 rings (SSSR count). The summed E-state index contributed by atoms with van der Waals surface area (Å²) >= 11 is 11.4. The van der Waals surface area contributed by atoms with Crippen molar-refractivity contribution in [3.8, 4) is 0 Å². The van der Waals surface area contributed by atoms with Gasteiger partial charge in [0.25, 0.3) is 0 Å². The van der Waals surface area contributed by atoms with E-state index in [2.05, 4.69) is 4.98 Å². The third-order valence-electron chi connectivity index (χ3n) is 1.20. The molecule has 4 heteroatoms. The highest BCUT2D eigenvalue weighted by Crippen LogP contribution is 2.22. The highest BCUT2D eigenvalue weighted by Gasteiger charge is 2.04. The minimum absolute atomic E-state index is 0.111. The van der Waals surface area contributed by atoms with Gasteiger partial charge in [0.2, 0.25) is 6.29 Å². The first kappa shape index (κ1) is 8.50. The number of halogens is 2. The molecule has 57 valence electrons. The van der Waals surface area contributed by atoms with Crippen LogP contribution in [-0.4, -0.2) is 11.3 Å². The second kappa shape index (κ2) is 3.69. The number of hydrogen-bond donors (Lipinski definition) is 0. The summed E-state index contributed by atoms with van der Waals surface area (Å²) in [4.78, 5) is 13.7. The molecule has 1 radical (unpaired) electrons. The van der Waals surface area contributed by atoms with Crippen molar-refractivity contribution in [3.63, 3.8) is 0 Å². The number of aromatic nitrogens is 1. The van der Waals surface area contributed by atoms with Crippen molar-refractivity contribution in [1.29, 1.82) is 0 Å². The molecular weight excluding hydrogens is 185 g/mol. The number of nitrogens with zero attached hydrogens (tertiary/aromatic N) is 1. The molecule has 0 saturated heterocycles. The van der Waals surface area contributed by atoms with Crippen LogP contribution in [0.1, 0.15) is 5.56 Å². The molecule has 1 heterocycles. The molecule has 0 saturated carbocycles. The number of carbonyl (C=O) groups excluding carboxylic acids is 1. The number of pyridine rings is 1. The van der Waals surface area contributed by atoms with Crippen molar-refractivity contribution in [2.24, 2.45) is 0 Å². The molecular formula is C7H4Cl2NO. The van der Waals surface area contributed by atoms with Gasteiger partial charge in [-0.2, -0.15) is 0 Å². The Bertz CT molecular complexity index is 255. The Morgan fingerprint density at radius 2 is 1.91 bits per heavy atom. The van der Waals surface area contributed by atoms with Gasteiger partial charge in [0.1, 0.15) is 0 Å². The number of hydrogen-bond acceptors (Lipinski definition) is 2. The van der Waals surface area contributed by atoms with Gasteiger partial charge in [0.15, 0.2) is 0 Å². The van der Waals surface area contributed by atoms with Gasteiger partial charge in [-0.3, -0.25) is 9.78 Å². The molecule has 0 aliphatic heterocycles. The Morgan fingerprint density at radius 3 is 2.36 bits per heavy atom. The van der Waals surface area contributed by atoms with Crippen LogP contribution in [0, 0.1) is 0 Å². The highest BCUT2D eigenvalue weighted by molar-refractivity contribution is 6.35. The molecule has 0 unspecified atom stereocenters. The Hall–Kier alpha value is -0.600. The fourth-order valence-electron chi connectivity index (χ4n) is 0.679. The molecule has 1 aromatic rings. The van der Waals surface area contributed by atoms with Crippen LogP contribution < -0.4 is 0 Å². The van der Waals surface area contributed by atoms with Crippen molar-refractivity contribution >= 4 is 29.5 Å². The zero-order valence-corrected chi connectivity index (χ0v) is 6.99. The van der Waals surface area contributed by atoms with E-state index < -0.39 is 0 Å². The molecule has 0 fully saturated rings. The first-order chi connectivity index (χ1) is 5.25. The standard InChI is InChI=1S/C7H4Cl2NO/c8-6-3-10-4-7(9)5(6)1-2-11/h3-4H,1H2. The van der Waals surface area contributed by atoms with Gasteiger partial charge in [-0.25, -0.2) is 0 Å². The lowest BCUT2D eigenvalue weighted by molar-refractivity contribution is 0.555. The minimum atomic E-state index is 0.111. The summed E-state index contributed by atoms with van der Waals surface area (Å²) in [6, 6.07) is 0. The Balaban J connectivity index is 3.09. The van der Waals surface area contributed by atoms with Crippen LogP contribution in [0.25, 0.3) is 0 Å². The monoisotopic (exact) mass is 188 g/mol. The predicted molar refractivity (Wildman–Crippen MR) is 43.7 cm³/mol. The van der Waals surface area contributed by atoms with Crippen LogP contribution in [0.15, 0.2) is 12.4 Å². The van der Waals surface area contributed by atoms with Crippen LogP contribution in [0.4, 0.5) is 0 Å². The second-order valence-electron chi connectivity index (χ2n) is 1.90. The lowest BCUT2D eigenvalue weighted by Gasteiger charge is -1.99. The SMILES string of the molecule is O=[C]Cc1c(Cl)cncc1Cl. The highest BCUT2D eigenvalue weighted by atomic mass is 35.5. The van der Waals surface area contributed by atoms with Gasteiger partial charge in [0.05, 0.1) is 10.0 Å². The largest absolute Gasteiger partial charge is 0.291 e. The Labute approximate surface area is 74.1 Å². The molecule has 0 aliphatic carbocycles. The van der Waals surface area contributed by atoms with Gasteiger partial charge >= 0.3 is 0 Å². The topological polar surface area (TPSA) is 30.0 Å². The lowest BCUT2D eigenvalue weighted by Crippen LogP contribution is -1.89. The van der Waals surface area contributed by atoms with Crippen LogP contribution >= 0.6 is 23.2 Å². The van der Waals surface area contributed by atoms with Gasteiger partial charge in [0, 0.05) is 24.4 Å². The van der Waals surface area contributed by atoms with E-state index in [1.165, 1.54) is 12.4 Å². The smallest absolute Gasteiger partial charge is 0.203 e. The van der Waals surface area contributed by atoms with E-state index in [1.54, 1.807) is 6.29 Å². The summed E-state index contributed by atoms with van der Waals surface area (Å²) in [5.41, 5.74) is 0.582. The molecule has 0 amide bonds. The van der Waals surface area contributed by atoms with Crippen LogP contribution in [-0.2, 0) is 11.2 Å². The molecule has 2 nitrogen and oxygen atoms in total. The lowest BCUT2D eigenvalue weighted by atomic mass is 10.2. The fraction of sp³-hybridized carbons (Fsp3) is 0.143. The molecule has 0 N–H and O–H groups in total. The van der Waals surface area contributed by atoms with E-state index in [0.717, 1.165) is 0 Å². The molecule has 11 heavy (non-hydrogen) atoms. The molecule has 1 aromatic heterocycles. The van der Waals surface area contributed by atoms with Crippen LogP contribution in [0.3, 0.4) is 0 Å². The van der Waals surface area contributed by atoms with E-state index in [9.17, 15) is 4.79 Å². The normalized spacial score (nSPS) is 9.64. The van der Waals surface area contributed by atoms with Crippen molar-refractivity contribution in [2.75, 3.05) is 0 Å². The van der Waals surface area contributed by atoms with E-state index in [4.69, 9.17) is 23.2 Å². The molecule has 0 aromatic carbocycles. The maximum Gasteiger partial charge on any atom is 0.203 e. The summed E-state index contributed by atoms with van der Waals surface area (Å²) in [5, 5.41) is 0.807. The van der Waals surface area contributed by atoms with E-state index in [1.807, 2.05) is 0 Å². The predicted octanol–water partition coefficient (Wildman–Crippen LogP) is 2.04. The zero-order chi connectivity index (χ0) is 8.27. The van der Waals surface area contributed by atoms with Crippen molar-refractivity contribution in [1.82, 2.24) is 4.98 Å². The van der Waals surface area contributed by atoms with Crippen molar-refractivity contribution < 1.29 is 4.79 Å². The maximum atomic E-state index is 10.0.